The maximum Gasteiger partial charge on any atom is 0.393 e. The van der Waals surface area contributed by atoms with Gasteiger partial charge in [-0.1, -0.05) is 0 Å². The Labute approximate surface area is 136 Å². The first kappa shape index (κ1) is 18.5. The monoisotopic (exact) mass is 367 g/mol. The van der Waals surface area contributed by atoms with Gasteiger partial charge in [0.15, 0.2) is 0 Å². The molecular formula is C13H16F3N3O4S. The van der Waals surface area contributed by atoms with E-state index in [-0.39, 0.29) is 4.90 Å². The van der Waals surface area contributed by atoms with Gasteiger partial charge < -0.3 is 10.0 Å². The Hall–Kier alpha value is -1.88. The fourth-order valence-corrected chi connectivity index (χ4v) is 3.92. The van der Waals surface area contributed by atoms with E-state index in [4.69, 9.17) is 5.11 Å². The Balaban J connectivity index is 2.31. The van der Waals surface area contributed by atoms with Crippen LogP contribution in [0.15, 0.2) is 23.2 Å². The van der Waals surface area contributed by atoms with E-state index < -0.39 is 47.1 Å². The van der Waals surface area contributed by atoms with Crippen LogP contribution in [-0.2, 0) is 14.8 Å². The Bertz CT molecular complexity index is 719. The van der Waals surface area contributed by atoms with Crippen molar-refractivity contribution < 1.29 is 31.5 Å². The second-order valence-corrected chi connectivity index (χ2v) is 7.60. The van der Waals surface area contributed by atoms with E-state index in [1.165, 1.54) is 12.1 Å². The molecule has 24 heavy (non-hydrogen) atoms. The number of rotatable bonds is 4. The fourth-order valence-electron chi connectivity index (χ4n) is 2.48. The minimum atomic E-state index is -4.79. The molecule has 1 aromatic rings. The molecule has 0 unspecified atom stereocenters. The molecule has 1 saturated heterocycles. The normalized spacial score (nSPS) is 22.5. The predicted molar refractivity (Wildman–Crippen MR) is 78.0 cm³/mol. The number of carboxylic acids is 1. The Morgan fingerprint density at radius 3 is 2.33 bits per heavy atom. The van der Waals surface area contributed by atoms with E-state index in [1.807, 2.05) is 0 Å². The van der Waals surface area contributed by atoms with Crippen LogP contribution < -0.4 is 4.90 Å². The summed E-state index contributed by atoms with van der Waals surface area (Å²) in [7, 11) is -0.858. The van der Waals surface area contributed by atoms with Gasteiger partial charge in [-0.15, -0.1) is 0 Å². The van der Waals surface area contributed by atoms with Gasteiger partial charge in [0.1, 0.15) is 10.7 Å². The average molecular weight is 367 g/mol. The van der Waals surface area contributed by atoms with Gasteiger partial charge in [0.2, 0.25) is 10.0 Å². The first-order chi connectivity index (χ1) is 10.9. The molecule has 0 spiro atoms. The smallest absolute Gasteiger partial charge is 0.393 e. The zero-order chi connectivity index (χ0) is 18.3. The van der Waals surface area contributed by atoms with Crippen molar-refractivity contribution in [1.29, 1.82) is 0 Å². The number of carbonyl (C=O) groups is 1. The van der Waals surface area contributed by atoms with Crippen LogP contribution in [0.1, 0.15) is 0 Å². The number of hydrogen-bond donors (Lipinski definition) is 1. The number of anilines is 1. The summed E-state index contributed by atoms with van der Waals surface area (Å²) in [6.45, 7) is -1.64. The third-order valence-electron chi connectivity index (χ3n) is 3.84. The summed E-state index contributed by atoms with van der Waals surface area (Å²) in [5.74, 6) is -5.25. The van der Waals surface area contributed by atoms with Gasteiger partial charge in [0.25, 0.3) is 0 Å². The lowest BCUT2D eigenvalue weighted by Gasteiger charge is -2.18. The van der Waals surface area contributed by atoms with Crippen LogP contribution in [0.4, 0.5) is 19.0 Å². The van der Waals surface area contributed by atoms with E-state index >= 15 is 0 Å². The van der Waals surface area contributed by atoms with Gasteiger partial charge in [0.05, 0.1) is 11.8 Å². The van der Waals surface area contributed by atoms with E-state index in [9.17, 15) is 26.4 Å². The lowest BCUT2D eigenvalue weighted by atomic mass is 9.96. The van der Waals surface area contributed by atoms with Crippen LogP contribution in [0.3, 0.4) is 0 Å². The highest BCUT2D eigenvalue weighted by Crippen LogP contribution is 2.39. The van der Waals surface area contributed by atoms with Crippen LogP contribution in [0.25, 0.3) is 0 Å². The molecule has 0 aliphatic carbocycles. The van der Waals surface area contributed by atoms with Gasteiger partial charge in [-0.25, -0.2) is 13.4 Å². The molecule has 1 aliphatic rings. The Kier molecular flexibility index (Phi) is 4.77. The molecule has 2 heterocycles. The molecular weight excluding hydrogens is 351 g/mol. The van der Waals surface area contributed by atoms with Crippen molar-refractivity contribution in [1.82, 2.24) is 9.29 Å². The van der Waals surface area contributed by atoms with E-state index in [1.54, 1.807) is 19.0 Å². The molecule has 1 N–H and O–H groups in total. The SMILES string of the molecule is CN(C)c1ccc(S(=O)(=O)N2C[C@@H](C(F)(F)F)[C@H](C(=O)O)C2)cn1. The van der Waals surface area contributed by atoms with Gasteiger partial charge in [0, 0.05) is 33.4 Å². The summed E-state index contributed by atoms with van der Waals surface area (Å²) >= 11 is 0. The minimum absolute atomic E-state index is 0.278. The fraction of sp³-hybridized carbons (Fsp3) is 0.538. The highest BCUT2D eigenvalue weighted by atomic mass is 32.2. The second kappa shape index (κ2) is 6.20. The van der Waals surface area contributed by atoms with E-state index in [2.05, 4.69) is 4.98 Å². The van der Waals surface area contributed by atoms with Crippen LogP contribution in [0.2, 0.25) is 0 Å². The number of carboxylic acid groups (broad SMARTS) is 1. The van der Waals surface area contributed by atoms with Crippen LogP contribution in [0, 0.1) is 11.8 Å². The quantitative estimate of drug-likeness (QED) is 0.855. The van der Waals surface area contributed by atoms with Crippen LogP contribution in [0.5, 0.6) is 0 Å². The van der Waals surface area contributed by atoms with Gasteiger partial charge >= 0.3 is 12.1 Å². The second-order valence-electron chi connectivity index (χ2n) is 5.66. The van der Waals surface area contributed by atoms with Crippen molar-refractivity contribution in [2.45, 2.75) is 11.1 Å². The Morgan fingerprint density at radius 1 is 1.33 bits per heavy atom. The summed E-state index contributed by atoms with van der Waals surface area (Å²) in [5, 5.41) is 8.96. The number of aromatic nitrogens is 1. The molecule has 0 aromatic carbocycles. The molecule has 1 aliphatic heterocycles. The standard InChI is InChI=1S/C13H16F3N3O4S/c1-18(2)11-4-3-8(5-17-11)24(22,23)19-6-9(12(20)21)10(7-19)13(14,15)16/h3-5,9-10H,6-7H2,1-2H3,(H,20,21)/t9-,10-/m1/s1. The minimum Gasteiger partial charge on any atom is -0.481 e. The number of aliphatic carboxylic acids is 1. The maximum atomic E-state index is 13.0. The van der Waals surface area contributed by atoms with E-state index in [0.29, 0.717) is 10.1 Å². The van der Waals surface area contributed by atoms with Crippen molar-refractivity contribution in [3.63, 3.8) is 0 Å². The number of sulfonamides is 1. The molecule has 1 aromatic heterocycles. The first-order valence-corrected chi connectivity index (χ1v) is 8.31. The summed E-state index contributed by atoms with van der Waals surface area (Å²) < 4.78 is 64.4. The maximum absolute atomic E-state index is 13.0. The third kappa shape index (κ3) is 3.46. The number of nitrogens with zero attached hydrogens (tertiary/aromatic N) is 3. The Morgan fingerprint density at radius 2 is 1.96 bits per heavy atom. The molecule has 134 valence electrons. The van der Waals surface area contributed by atoms with Crippen molar-refractivity contribution in [2.75, 3.05) is 32.1 Å². The zero-order valence-electron chi connectivity index (χ0n) is 12.9. The molecule has 0 radical (unpaired) electrons. The van der Waals surface area contributed by atoms with Gasteiger partial charge in [-0.3, -0.25) is 4.79 Å². The van der Waals surface area contributed by atoms with Crippen molar-refractivity contribution in [2.24, 2.45) is 11.8 Å². The summed E-state index contributed by atoms with van der Waals surface area (Å²) in [6, 6.07) is 2.65. The molecule has 2 atom stereocenters. The molecule has 11 heteroatoms. The molecule has 0 amide bonds. The van der Waals surface area contributed by atoms with Crippen molar-refractivity contribution >= 4 is 21.8 Å². The lowest BCUT2D eigenvalue weighted by molar-refractivity contribution is -0.187. The zero-order valence-corrected chi connectivity index (χ0v) is 13.7. The first-order valence-electron chi connectivity index (χ1n) is 6.87. The molecule has 0 bridgehead atoms. The summed E-state index contributed by atoms with van der Waals surface area (Å²) in [4.78, 5) is 16.3. The number of pyridine rings is 1. The summed E-state index contributed by atoms with van der Waals surface area (Å²) in [5.41, 5.74) is 0. The molecule has 0 saturated carbocycles. The van der Waals surface area contributed by atoms with Crippen molar-refractivity contribution in [3.8, 4) is 0 Å². The van der Waals surface area contributed by atoms with Crippen LogP contribution >= 0.6 is 0 Å². The van der Waals surface area contributed by atoms with Gasteiger partial charge in [-0.2, -0.15) is 17.5 Å². The van der Waals surface area contributed by atoms with Crippen molar-refractivity contribution in [3.05, 3.63) is 18.3 Å². The topological polar surface area (TPSA) is 90.8 Å². The van der Waals surface area contributed by atoms with Crippen LogP contribution in [-0.4, -0.2) is 62.1 Å². The highest BCUT2D eigenvalue weighted by molar-refractivity contribution is 7.89. The lowest BCUT2D eigenvalue weighted by Crippen LogP contribution is -2.34. The average Bonchev–Trinajstić information content (AvgIpc) is 2.93. The van der Waals surface area contributed by atoms with E-state index in [0.717, 1.165) is 6.20 Å². The molecule has 7 nitrogen and oxygen atoms in total. The summed E-state index contributed by atoms with van der Waals surface area (Å²) in [6.07, 6.45) is -3.75. The number of hydrogen-bond acceptors (Lipinski definition) is 5. The third-order valence-corrected chi connectivity index (χ3v) is 5.66. The largest absolute Gasteiger partial charge is 0.481 e. The predicted octanol–water partition coefficient (Wildman–Crippen LogP) is 1.03. The highest BCUT2D eigenvalue weighted by Gasteiger charge is 2.54. The molecule has 2 rings (SSSR count). The number of alkyl halides is 3. The molecule has 1 fully saturated rings. The number of halogens is 3. The van der Waals surface area contributed by atoms with Gasteiger partial charge in [-0.05, 0) is 12.1 Å².